The van der Waals surface area contributed by atoms with Crippen LogP contribution in [0.5, 0.6) is 0 Å². The summed E-state index contributed by atoms with van der Waals surface area (Å²) in [6.45, 7) is 5.10. The average Bonchev–Trinajstić information content (AvgIpc) is 3.13. The number of carbonyl (C=O) groups excluding carboxylic acids is 3. The molecule has 0 aromatic heterocycles. The van der Waals surface area contributed by atoms with Crippen molar-refractivity contribution < 1.29 is 24.2 Å². The fourth-order valence-electron chi connectivity index (χ4n) is 6.51. The summed E-state index contributed by atoms with van der Waals surface area (Å²) in [5.41, 5.74) is -1.57. The van der Waals surface area contributed by atoms with Gasteiger partial charge < -0.3 is 24.5 Å². The molecule has 5 atom stereocenters. The largest absolute Gasteiger partial charge is 0.395 e. The first-order valence-electron chi connectivity index (χ1n) is 13.0. The Morgan fingerprint density at radius 1 is 0.944 bits per heavy atom. The number of unbranched alkanes of at least 4 members (excludes halogenated alkanes) is 2. The smallest absolute Gasteiger partial charge is 0.249 e. The zero-order valence-corrected chi connectivity index (χ0v) is 21.0. The number of likely N-dealkylation sites (tertiary alicyclic amines) is 1. The van der Waals surface area contributed by atoms with Gasteiger partial charge in [0.1, 0.15) is 11.6 Å². The Balaban J connectivity index is 1.58. The van der Waals surface area contributed by atoms with E-state index in [2.05, 4.69) is 6.92 Å². The molecule has 0 saturated carbocycles. The quantitative estimate of drug-likeness (QED) is 0.464. The molecule has 4 aliphatic rings. The van der Waals surface area contributed by atoms with Crippen molar-refractivity contribution >= 4 is 23.4 Å². The number of aliphatic hydroxyl groups excluding tert-OH is 1. The molecule has 0 bridgehead atoms. The van der Waals surface area contributed by atoms with Crippen molar-refractivity contribution in [2.75, 3.05) is 37.7 Å². The van der Waals surface area contributed by atoms with Crippen LogP contribution in [0.3, 0.4) is 0 Å². The summed E-state index contributed by atoms with van der Waals surface area (Å²) in [5.74, 6) is -2.36. The molecule has 1 aromatic carbocycles. The lowest BCUT2D eigenvalue weighted by molar-refractivity contribution is -0.151. The molecule has 1 spiro atoms. The first kappa shape index (κ1) is 24.7. The summed E-state index contributed by atoms with van der Waals surface area (Å²) in [6, 6.07) is 8.48. The number of rotatable bonds is 7. The van der Waals surface area contributed by atoms with E-state index >= 15 is 0 Å². The topological polar surface area (TPSA) is 90.4 Å². The number of ether oxygens (including phenoxy) is 1. The lowest BCUT2D eigenvalue weighted by Gasteiger charge is -2.37. The zero-order chi connectivity index (χ0) is 25.5. The van der Waals surface area contributed by atoms with E-state index in [-0.39, 0.29) is 30.9 Å². The Kier molecular flexibility index (Phi) is 6.51. The molecule has 4 heterocycles. The van der Waals surface area contributed by atoms with Gasteiger partial charge in [-0.05, 0) is 25.5 Å². The SMILES string of the molecule is CCCCCN1CC=C[C@]23O[C@]4(C)C=CCN(c5ccccc5)C(=O)[C@@H]4[C@H]2C(=O)N(CCO)C3C1=O. The Labute approximate surface area is 212 Å². The van der Waals surface area contributed by atoms with Crippen LogP contribution in [0, 0.1) is 11.8 Å². The normalized spacial score (nSPS) is 33.5. The maximum Gasteiger partial charge on any atom is 0.249 e. The number of nitrogens with zero attached hydrogens (tertiary/aromatic N) is 3. The second-order valence-corrected chi connectivity index (χ2v) is 10.3. The van der Waals surface area contributed by atoms with E-state index in [9.17, 15) is 19.5 Å². The second-order valence-electron chi connectivity index (χ2n) is 10.3. The average molecular weight is 494 g/mol. The molecular weight excluding hydrogens is 458 g/mol. The highest BCUT2D eigenvalue weighted by molar-refractivity contribution is 6.04. The minimum atomic E-state index is -1.28. The highest BCUT2D eigenvalue weighted by atomic mass is 16.5. The van der Waals surface area contributed by atoms with E-state index in [0.717, 1.165) is 24.9 Å². The number of hydrogen-bond donors (Lipinski definition) is 1. The number of anilines is 1. The molecule has 3 amide bonds. The van der Waals surface area contributed by atoms with Gasteiger partial charge in [0.05, 0.1) is 24.0 Å². The highest BCUT2D eigenvalue weighted by Gasteiger charge is 2.74. The summed E-state index contributed by atoms with van der Waals surface area (Å²) in [6.07, 6.45) is 10.5. The number of β-amino-alcohol motifs (C(OH)–C–C–N with tert-alkyl or cyclic N) is 1. The lowest BCUT2D eigenvalue weighted by atomic mass is 9.74. The van der Waals surface area contributed by atoms with Crippen LogP contribution in [-0.4, -0.2) is 82.7 Å². The summed E-state index contributed by atoms with van der Waals surface area (Å²) in [7, 11) is 0. The Morgan fingerprint density at radius 2 is 1.69 bits per heavy atom. The van der Waals surface area contributed by atoms with E-state index in [1.54, 1.807) is 9.80 Å². The Hall–Kier alpha value is -2.97. The number of benzene rings is 1. The van der Waals surface area contributed by atoms with Crippen LogP contribution in [0.2, 0.25) is 0 Å². The molecule has 5 rings (SSSR count). The number of carbonyl (C=O) groups is 3. The molecule has 0 aliphatic carbocycles. The number of hydrogen-bond acceptors (Lipinski definition) is 5. The van der Waals surface area contributed by atoms with Crippen molar-refractivity contribution in [2.24, 2.45) is 11.8 Å². The van der Waals surface area contributed by atoms with Gasteiger partial charge in [0, 0.05) is 31.9 Å². The third-order valence-corrected chi connectivity index (χ3v) is 8.08. The number of para-hydroxylation sites is 1. The molecule has 1 unspecified atom stereocenters. The summed E-state index contributed by atoms with van der Waals surface area (Å²) >= 11 is 0. The Morgan fingerprint density at radius 3 is 2.42 bits per heavy atom. The van der Waals surface area contributed by atoms with Crippen LogP contribution in [0.4, 0.5) is 5.69 Å². The molecule has 192 valence electrons. The van der Waals surface area contributed by atoms with Gasteiger partial charge in [-0.3, -0.25) is 14.4 Å². The van der Waals surface area contributed by atoms with Crippen LogP contribution in [0.1, 0.15) is 33.1 Å². The van der Waals surface area contributed by atoms with Crippen LogP contribution in [0.15, 0.2) is 54.6 Å². The lowest BCUT2D eigenvalue weighted by Crippen LogP contribution is -2.56. The van der Waals surface area contributed by atoms with Crippen molar-refractivity contribution in [3.63, 3.8) is 0 Å². The van der Waals surface area contributed by atoms with Gasteiger partial charge in [-0.25, -0.2) is 0 Å². The predicted octanol–water partition coefficient (Wildman–Crippen LogP) is 2.14. The van der Waals surface area contributed by atoms with E-state index in [1.165, 1.54) is 4.90 Å². The molecule has 4 aliphatic heterocycles. The van der Waals surface area contributed by atoms with Gasteiger partial charge in [-0.1, -0.05) is 62.3 Å². The van der Waals surface area contributed by atoms with Crippen molar-refractivity contribution in [1.29, 1.82) is 0 Å². The van der Waals surface area contributed by atoms with Crippen LogP contribution in [0.25, 0.3) is 0 Å². The molecule has 36 heavy (non-hydrogen) atoms. The minimum Gasteiger partial charge on any atom is -0.395 e. The van der Waals surface area contributed by atoms with Crippen molar-refractivity contribution in [2.45, 2.75) is 50.4 Å². The summed E-state index contributed by atoms with van der Waals surface area (Å²) in [4.78, 5) is 47.0. The van der Waals surface area contributed by atoms with Crippen molar-refractivity contribution in [3.8, 4) is 0 Å². The fraction of sp³-hybridized carbons (Fsp3) is 0.536. The molecule has 8 nitrogen and oxygen atoms in total. The monoisotopic (exact) mass is 493 g/mol. The van der Waals surface area contributed by atoms with Crippen LogP contribution >= 0.6 is 0 Å². The first-order chi connectivity index (χ1) is 17.4. The maximum absolute atomic E-state index is 14.1. The predicted molar refractivity (Wildman–Crippen MR) is 135 cm³/mol. The van der Waals surface area contributed by atoms with Gasteiger partial charge in [0.15, 0.2) is 0 Å². The Bertz CT molecular complexity index is 1090. The van der Waals surface area contributed by atoms with E-state index in [1.807, 2.05) is 61.6 Å². The first-order valence-corrected chi connectivity index (χ1v) is 13.0. The van der Waals surface area contributed by atoms with E-state index in [4.69, 9.17) is 4.74 Å². The molecule has 2 fully saturated rings. The van der Waals surface area contributed by atoms with Crippen molar-refractivity contribution in [3.05, 3.63) is 54.6 Å². The van der Waals surface area contributed by atoms with E-state index in [0.29, 0.717) is 19.6 Å². The van der Waals surface area contributed by atoms with E-state index < -0.39 is 29.1 Å². The molecule has 0 radical (unpaired) electrons. The zero-order valence-electron chi connectivity index (χ0n) is 21.0. The maximum atomic E-state index is 14.1. The standard InChI is InChI=1S/C28H35N3O5/c1-3-4-8-15-29-16-10-14-28-22(25(34)31(18-19-32)23(28)26(29)35)21-24(33)30(20-11-6-5-7-12-20)17-9-13-27(21,2)36-28/h5-7,9-14,21-23,32H,3-4,8,15-19H2,1-2H3/t21-,22-,23?,27+,28-/m0/s1. The number of aliphatic hydroxyl groups is 1. The van der Waals surface area contributed by atoms with Gasteiger partial charge in [0.2, 0.25) is 17.7 Å². The molecule has 1 N–H and O–H groups in total. The molecule has 2 saturated heterocycles. The summed E-state index contributed by atoms with van der Waals surface area (Å²) in [5, 5.41) is 9.80. The van der Waals surface area contributed by atoms with Gasteiger partial charge >= 0.3 is 0 Å². The summed E-state index contributed by atoms with van der Waals surface area (Å²) < 4.78 is 6.76. The van der Waals surface area contributed by atoms with Gasteiger partial charge in [0.25, 0.3) is 0 Å². The van der Waals surface area contributed by atoms with Crippen molar-refractivity contribution in [1.82, 2.24) is 9.80 Å². The molecule has 1 aromatic rings. The fourth-order valence-corrected chi connectivity index (χ4v) is 6.51. The third-order valence-electron chi connectivity index (χ3n) is 8.08. The van der Waals surface area contributed by atoms with Crippen LogP contribution < -0.4 is 4.90 Å². The second kappa shape index (κ2) is 9.48. The number of amides is 3. The number of fused-ring (bicyclic) bond motifs is 2. The minimum absolute atomic E-state index is 0.0172. The highest BCUT2D eigenvalue weighted by Crippen LogP contribution is 2.57. The molecular formula is C28H35N3O5. The van der Waals surface area contributed by atoms with Crippen LogP contribution in [-0.2, 0) is 19.1 Å². The third kappa shape index (κ3) is 3.69. The van der Waals surface area contributed by atoms with Gasteiger partial charge in [-0.15, -0.1) is 0 Å². The molecule has 8 heteroatoms. The van der Waals surface area contributed by atoms with Gasteiger partial charge in [-0.2, -0.15) is 0 Å².